The Morgan fingerprint density at radius 2 is 1.47 bits per heavy atom. The van der Waals surface area contributed by atoms with Crippen molar-refractivity contribution < 1.29 is 9.59 Å². The van der Waals surface area contributed by atoms with Crippen LogP contribution in [0.4, 0.5) is 11.4 Å². The number of rotatable bonds is 6. The normalized spacial score (nSPS) is 26.2. The van der Waals surface area contributed by atoms with Gasteiger partial charge in [0.2, 0.25) is 5.91 Å². The lowest BCUT2D eigenvalue weighted by Gasteiger charge is -2.43. The van der Waals surface area contributed by atoms with Gasteiger partial charge < -0.3 is 10.2 Å². The first-order chi connectivity index (χ1) is 27.8. The molecule has 0 aromatic heterocycles. The quantitative estimate of drug-likeness (QED) is 0.190. The van der Waals surface area contributed by atoms with Crippen LogP contribution in [-0.4, -0.2) is 77.2 Å². The number of likely N-dealkylation sites (N-methyl/N-ethyl adjacent to an activating group) is 1. The van der Waals surface area contributed by atoms with E-state index in [-0.39, 0.29) is 17.7 Å². The lowest BCUT2D eigenvalue weighted by molar-refractivity contribution is -0.139. The molecule has 5 heterocycles. The summed E-state index contributed by atoms with van der Waals surface area (Å²) in [7, 11) is 6.06. The number of carbonyl (C=O) groups excluding carboxylic acids is 2. The van der Waals surface area contributed by atoms with Gasteiger partial charge in [-0.05, 0) is 64.7 Å². The number of hydrogen-bond donors (Lipinski definition) is 1. The summed E-state index contributed by atoms with van der Waals surface area (Å²) in [6, 6.07) is 47.4. The Labute approximate surface area is 338 Å². The van der Waals surface area contributed by atoms with Gasteiger partial charge in [-0.3, -0.25) is 24.3 Å². The summed E-state index contributed by atoms with van der Waals surface area (Å²) in [5.74, 6) is -0.588. The number of likely N-dealkylation sites (tertiary alicyclic amines) is 1. The van der Waals surface area contributed by atoms with Crippen LogP contribution >= 0.6 is 11.8 Å². The summed E-state index contributed by atoms with van der Waals surface area (Å²) in [5, 5.41) is 3.87. The number of fused-ring (bicyclic) bond motifs is 4. The number of nitrogens with one attached hydrogen (secondary N) is 1. The summed E-state index contributed by atoms with van der Waals surface area (Å²) in [5.41, 5.74) is 8.87. The molecule has 5 aliphatic rings. The highest BCUT2D eigenvalue weighted by Crippen LogP contribution is 2.67. The van der Waals surface area contributed by atoms with Crippen LogP contribution in [0.5, 0.6) is 0 Å². The second-order valence-electron chi connectivity index (χ2n) is 15.9. The minimum atomic E-state index is -1.29. The SMILES string of the molecule is CN(C)c1ccc([C@@H]2CN(C)[C@]3(C(=O)Nc4ccccc43)[C@]23SC2=NC4=C(CN(Cc5ccccc5)C/C4=C\c4ccccc4)[C@@H](c4ccccc4)N2C3=O)cc1. The molecule has 10 rings (SSSR count). The van der Waals surface area contributed by atoms with E-state index < -0.39 is 16.3 Å². The number of nitrogens with zero attached hydrogens (tertiary/aromatic N) is 5. The second-order valence-corrected chi connectivity index (χ2v) is 17.1. The predicted octanol–water partition coefficient (Wildman–Crippen LogP) is 7.91. The number of hydrogen-bond acceptors (Lipinski definition) is 7. The number of anilines is 2. The molecule has 0 bridgehead atoms. The Kier molecular flexibility index (Phi) is 8.59. The fraction of sp³-hybridized carbons (Fsp3) is 0.229. The molecule has 2 saturated heterocycles. The summed E-state index contributed by atoms with van der Waals surface area (Å²) in [6.07, 6.45) is 2.26. The van der Waals surface area contributed by atoms with Crippen molar-refractivity contribution in [1.29, 1.82) is 0 Å². The van der Waals surface area contributed by atoms with Crippen molar-refractivity contribution in [3.63, 3.8) is 0 Å². The van der Waals surface area contributed by atoms with Gasteiger partial charge in [0.1, 0.15) is 4.75 Å². The van der Waals surface area contributed by atoms with E-state index in [0.717, 1.165) is 57.0 Å². The zero-order valence-electron chi connectivity index (χ0n) is 32.3. The molecule has 284 valence electrons. The van der Waals surface area contributed by atoms with Crippen molar-refractivity contribution in [2.45, 2.75) is 28.8 Å². The zero-order valence-corrected chi connectivity index (χ0v) is 33.1. The molecule has 1 N–H and O–H groups in total. The number of aliphatic imine (C=N–C) groups is 1. The minimum absolute atomic E-state index is 0.0849. The fourth-order valence-electron chi connectivity index (χ4n) is 9.97. The van der Waals surface area contributed by atoms with Crippen molar-refractivity contribution >= 4 is 46.2 Å². The van der Waals surface area contributed by atoms with E-state index in [1.54, 1.807) is 0 Å². The molecule has 0 unspecified atom stereocenters. The van der Waals surface area contributed by atoms with Crippen LogP contribution in [0, 0.1) is 0 Å². The summed E-state index contributed by atoms with van der Waals surface area (Å²) < 4.78 is -1.27. The molecule has 57 heavy (non-hydrogen) atoms. The summed E-state index contributed by atoms with van der Waals surface area (Å²) in [6.45, 7) is 2.60. The third-order valence-corrected chi connectivity index (χ3v) is 14.0. The number of para-hydroxylation sites is 1. The van der Waals surface area contributed by atoms with E-state index in [1.165, 1.54) is 17.3 Å². The average molecular weight is 769 g/mol. The third-order valence-electron chi connectivity index (χ3n) is 12.5. The highest BCUT2D eigenvalue weighted by molar-refractivity contribution is 8.16. The molecule has 0 aliphatic carbocycles. The number of carbonyl (C=O) groups is 2. The summed E-state index contributed by atoms with van der Waals surface area (Å²) in [4.78, 5) is 45.5. The first kappa shape index (κ1) is 35.7. The van der Waals surface area contributed by atoms with Crippen molar-refractivity contribution in [2.24, 2.45) is 4.99 Å². The van der Waals surface area contributed by atoms with Gasteiger partial charge in [-0.25, -0.2) is 4.99 Å². The molecule has 0 saturated carbocycles. The monoisotopic (exact) mass is 768 g/mol. The molecule has 8 nitrogen and oxygen atoms in total. The zero-order chi connectivity index (χ0) is 38.9. The minimum Gasteiger partial charge on any atom is -0.378 e. The highest BCUT2D eigenvalue weighted by atomic mass is 32.2. The Morgan fingerprint density at radius 1 is 0.807 bits per heavy atom. The third kappa shape index (κ3) is 5.40. The number of amides is 2. The van der Waals surface area contributed by atoms with E-state index in [1.807, 2.05) is 62.4 Å². The molecule has 5 aliphatic heterocycles. The van der Waals surface area contributed by atoms with Crippen LogP contribution in [-0.2, 0) is 21.7 Å². The van der Waals surface area contributed by atoms with Crippen molar-refractivity contribution in [3.05, 3.63) is 184 Å². The Morgan fingerprint density at radius 3 is 2.19 bits per heavy atom. The number of benzene rings is 5. The molecule has 0 radical (unpaired) electrons. The maximum absolute atomic E-state index is 16.3. The molecule has 9 heteroatoms. The topological polar surface area (TPSA) is 71.5 Å². The molecule has 5 aromatic carbocycles. The van der Waals surface area contributed by atoms with Gasteiger partial charge in [0, 0.05) is 63.1 Å². The van der Waals surface area contributed by atoms with E-state index in [0.29, 0.717) is 24.8 Å². The van der Waals surface area contributed by atoms with E-state index >= 15 is 4.79 Å². The standard InChI is InChI=1S/C48H44N6O2S/c1-51(2)37-25-23-34(24-26-37)40-31-52(3)47(39-21-13-14-22-41(39)49-44(47)55)48(40)45(56)54-43(35-19-11-6-12-20-35)38-30-53(28-33-17-9-5-10-18-33)29-36(42(38)50-46(54)57-48)27-32-15-7-4-8-16-32/h4-27,40,43H,28-31H2,1-3H3,(H,49,55)/b36-27+/t40-,43+,47+,48-/m0/s1. The smallest absolute Gasteiger partial charge is 0.251 e. The number of amidine groups is 1. The maximum atomic E-state index is 16.3. The van der Waals surface area contributed by atoms with Gasteiger partial charge in [-0.2, -0.15) is 0 Å². The van der Waals surface area contributed by atoms with E-state index in [9.17, 15) is 4.79 Å². The number of thioether (sulfide) groups is 1. The average Bonchev–Trinajstić information content (AvgIpc) is 3.81. The van der Waals surface area contributed by atoms with Crippen molar-refractivity contribution in [1.82, 2.24) is 14.7 Å². The first-order valence-electron chi connectivity index (χ1n) is 19.6. The van der Waals surface area contributed by atoms with Crippen LogP contribution < -0.4 is 10.2 Å². The van der Waals surface area contributed by atoms with E-state index in [2.05, 4.69) is 129 Å². The highest BCUT2D eigenvalue weighted by Gasteiger charge is 2.78. The van der Waals surface area contributed by atoms with Gasteiger partial charge in [0.25, 0.3) is 5.91 Å². The Bertz CT molecular complexity index is 2490. The fourth-order valence-corrected chi connectivity index (χ4v) is 11.7. The predicted molar refractivity (Wildman–Crippen MR) is 230 cm³/mol. The van der Waals surface area contributed by atoms with Gasteiger partial charge >= 0.3 is 0 Å². The van der Waals surface area contributed by atoms with Crippen LogP contribution in [0.2, 0.25) is 0 Å². The molecule has 4 atom stereocenters. The maximum Gasteiger partial charge on any atom is 0.251 e. The van der Waals surface area contributed by atoms with Crippen LogP contribution in [0.25, 0.3) is 6.08 Å². The van der Waals surface area contributed by atoms with Crippen molar-refractivity contribution in [3.8, 4) is 0 Å². The summed E-state index contributed by atoms with van der Waals surface area (Å²) >= 11 is 1.50. The Balaban J connectivity index is 1.19. The van der Waals surface area contributed by atoms with Gasteiger partial charge in [0.15, 0.2) is 10.7 Å². The first-order valence-corrected chi connectivity index (χ1v) is 20.4. The molecule has 2 amide bonds. The Hall–Kier alpha value is -5.74. The van der Waals surface area contributed by atoms with Gasteiger partial charge in [0.05, 0.1) is 11.7 Å². The molecular weight excluding hydrogens is 725 g/mol. The molecule has 2 spiro atoms. The molecule has 5 aromatic rings. The lowest BCUT2D eigenvalue weighted by Crippen LogP contribution is -2.62. The van der Waals surface area contributed by atoms with Crippen molar-refractivity contribution in [2.75, 3.05) is 51.0 Å². The largest absolute Gasteiger partial charge is 0.378 e. The van der Waals surface area contributed by atoms with Gasteiger partial charge in [-0.15, -0.1) is 0 Å². The van der Waals surface area contributed by atoms with Gasteiger partial charge in [-0.1, -0.05) is 133 Å². The second kappa shape index (κ2) is 13.7. The van der Waals surface area contributed by atoms with Crippen LogP contribution in [0.1, 0.15) is 39.8 Å². The lowest BCUT2D eigenvalue weighted by atomic mass is 9.71. The molecular formula is C48H44N6O2S. The molecule has 2 fully saturated rings. The van der Waals surface area contributed by atoms with Crippen LogP contribution in [0.15, 0.2) is 161 Å². The van der Waals surface area contributed by atoms with Crippen LogP contribution in [0.3, 0.4) is 0 Å². The van der Waals surface area contributed by atoms with E-state index in [4.69, 9.17) is 4.99 Å².